The van der Waals surface area contributed by atoms with Crippen molar-refractivity contribution in [2.24, 2.45) is 0 Å². The van der Waals surface area contributed by atoms with Crippen molar-refractivity contribution in [3.63, 3.8) is 0 Å². The summed E-state index contributed by atoms with van der Waals surface area (Å²) in [6.07, 6.45) is 3.33. The highest BCUT2D eigenvalue weighted by atomic mass is 16.5. The van der Waals surface area contributed by atoms with Gasteiger partial charge in [-0.25, -0.2) is 9.48 Å². The molecule has 186 valence electrons. The van der Waals surface area contributed by atoms with Gasteiger partial charge in [-0.2, -0.15) is 5.10 Å². The molecule has 0 atom stereocenters. The number of carbonyl (C=O) groups is 1. The molecule has 0 saturated heterocycles. The maximum absolute atomic E-state index is 12.7. The first-order valence-corrected chi connectivity index (χ1v) is 11.5. The second-order valence-corrected chi connectivity index (χ2v) is 8.18. The third-order valence-corrected chi connectivity index (χ3v) is 6.02. The van der Waals surface area contributed by atoms with Crippen LogP contribution in [-0.2, 0) is 4.74 Å². The van der Waals surface area contributed by atoms with Crippen molar-refractivity contribution in [1.29, 1.82) is 0 Å². The molecule has 0 aliphatic heterocycles. The number of nitrogens with zero attached hydrogens (tertiary/aromatic N) is 4. The number of benzene rings is 3. The molecule has 0 saturated carbocycles. The number of aryl methyl sites for hydroxylation is 1. The molecule has 0 spiro atoms. The van der Waals surface area contributed by atoms with Gasteiger partial charge in [-0.3, -0.25) is 9.97 Å². The highest BCUT2D eigenvalue weighted by molar-refractivity contribution is 5.98. The Morgan fingerprint density at radius 2 is 1.68 bits per heavy atom. The van der Waals surface area contributed by atoms with Gasteiger partial charge < -0.3 is 19.5 Å². The van der Waals surface area contributed by atoms with E-state index in [4.69, 9.17) is 19.3 Å². The van der Waals surface area contributed by atoms with Crippen molar-refractivity contribution < 1.29 is 19.0 Å². The molecule has 9 nitrogen and oxygen atoms in total. The van der Waals surface area contributed by atoms with Gasteiger partial charge in [0.05, 0.1) is 49.3 Å². The molecular weight excluding hydrogens is 470 g/mol. The number of carbonyl (C=O) groups excluding carboxylic acids is 1. The zero-order valence-corrected chi connectivity index (χ0v) is 20.9. The van der Waals surface area contributed by atoms with E-state index >= 15 is 0 Å². The molecule has 9 heteroatoms. The number of anilines is 2. The fourth-order valence-electron chi connectivity index (χ4n) is 4.25. The van der Waals surface area contributed by atoms with E-state index in [-0.39, 0.29) is 0 Å². The lowest BCUT2D eigenvalue weighted by Crippen LogP contribution is -2.09. The highest BCUT2D eigenvalue weighted by Gasteiger charge is 2.23. The van der Waals surface area contributed by atoms with E-state index in [1.807, 2.05) is 49.4 Å². The maximum atomic E-state index is 12.7. The molecule has 0 fully saturated rings. The molecular formula is C28H25N5O4. The highest BCUT2D eigenvalue weighted by Crippen LogP contribution is 2.39. The fraction of sp³-hybridized carbons (Fsp3) is 0.143. The Morgan fingerprint density at radius 3 is 2.43 bits per heavy atom. The van der Waals surface area contributed by atoms with Crippen LogP contribution >= 0.6 is 0 Å². The van der Waals surface area contributed by atoms with Gasteiger partial charge in [-0.15, -0.1) is 0 Å². The first-order chi connectivity index (χ1) is 18.0. The van der Waals surface area contributed by atoms with Gasteiger partial charge in [-0.05, 0) is 55.0 Å². The lowest BCUT2D eigenvalue weighted by molar-refractivity contribution is 0.0601. The minimum absolute atomic E-state index is 0.322. The molecule has 0 aliphatic carbocycles. The van der Waals surface area contributed by atoms with Crippen LogP contribution in [0.15, 0.2) is 73.1 Å². The number of nitrogens with one attached hydrogen (secondary N) is 1. The summed E-state index contributed by atoms with van der Waals surface area (Å²) < 4.78 is 17.8. The Bertz CT molecular complexity index is 1610. The zero-order chi connectivity index (χ0) is 25.9. The molecule has 2 aromatic heterocycles. The number of ether oxygens (including phenoxy) is 3. The van der Waals surface area contributed by atoms with Crippen LogP contribution in [0.1, 0.15) is 16.1 Å². The molecule has 2 heterocycles. The average Bonchev–Trinajstić information content (AvgIpc) is 3.27. The molecule has 0 unspecified atom stereocenters. The standard InChI is InChI=1S/C28H25N5O4/c1-17-26(18-9-11-22-23(15-18)30-14-13-29-22)27(33(32-17)24-7-5-6-8-25(24)36-3)31-21-12-10-19(35-2)16-20(21)28(34)37-4/h5-16,31H,1-4H3. The fourth-order valence-corrected chi connectivity index (χ4v) is 4.25. The smallest absolute Gasteiger partial charge is 0.340 e. The molecule has 3 aromatic carbocycles. The van der Waals surface area contributed by atoms with E-state index in [2.05, 4.69) is 15.3 Å². The van der Waals surface area contributed by atoms with Gasteiger partial charge in [-0.1, -0.05) is 18.2 Å². The summed E-state index contributed by atoms with van der Waals surface area (Å²) in [5.41, 5.74) is 5.63. The maximum Gasteiger partial charge on any atom is 0.340 e. The van der Waals surface area contributed by atoms with E-state index in [9.17, 15) is 4.79 Å². The first-order valence-electron chi connectivity index (χ1n) is 11.5. The molecule has 0 aliphatic rings. The van der Waals surface area contributed by atoms with Crippen LogP contribution in [0.5, 0.6) is 11.5 Å². The second-order valence-electron chi connectivity index (χ2n) is 8.18. The van der Waals surface area contributed by atoms with Gasteiger partial charge in [0.1, 0.15) is 23.0 Å². The van der Waals surface area contributed by atoms with Gasteiger partial charge >= 0.3 is 5.97 Å². The monoisotopic (exact) mass is 495 g/mol. The Hall–Kier alpha value is -4.92. The minimum atomic E-state index is -0.496. The van der Waals surface area contributed by atoms with E-state index in [1.54, 1.807) is 49.5 Å². The van der Waals surface area contributed by atoms with Crippen molar-refractivity contribution in [1.82, 2.24) is 19.7 Å². The number of fused-ring (bicyclic) bond motifs is 1. The molecule has 0 radical (unpaired) electrons. The molecule has 37 heavy (non-hydrogen) atoms. The van der Waals surface area contributed by atoms with E-state index in [0.29, 0.717) is 28.6 Å². The summed E-state index contributed by atoms with van der Waals surface area (Å²) in [6, 6.07) is 18.7. The predicted molar refractivity (Wildman–Crippen MR) is 141 cm³/mol. The van der Waals surface area contributed by atoms with Gasteiger partial charge in [0, 0.05) is 18.0 Å². The minimum Gasteiger partial charge on any atom is -0.497 e. The second kappa shape index (κ2) is 9.98. The van der Waals surface area contributed by atoms with Crippen LogP contribution in [0, 0.1) is 6.92 Å². The van der Waals surface area contributed by atoms with Crippen LogP contribution in [0.25, 0.3) is 27.8 Å². The molecule has 5 aromatic rings. The number of aromatic nitrogens is 4. The number of esters is 1. The zero-order valence-electron chi connectivity index (χ0n) is 20.9. The van der Waals surface area contributed by atoms with E-state index < -0.39 is 5.97 Å². The van der Waals surface area contributed by atoms with Crippen molar-refractivity contribution in [2.75, 3.05) is 26.6 Å². The quantitative estimate of drug-likeness (QED) is 0.302. The summed E-state index contributed by atoms with van der Waals surface area (Å²) in [5.74, 6) is 1.32. The van der Waals surface area contributed by atoms with Gasteiger partial charge in [0.2, 0.25) is 0 Å². The first kappa shape index (κ1) is 23.8. The number of methoxy groups -OCH3 is 3. The number of rotatable bonds is 7. The van der Waals surface area contributed by atoms with Crippen molar-refractivity contribution in [3.8, 4) is 28.3 Å². The van der Waals surface area contributed by atoms with Crippen LogP contribution in [0.4, 0.5) is 11.5 Å². The Morgan fingerprint density at radius 1 is 0.892 bits per heavy atom. The number of hydrogen-bond acceptors (Lipinski definition) is 8. The summed E-state index contributed by atoms with van der Waals surface area (Å²) in [5, 5.41) is 8.31. The largest absolute Gasteiger partial charge is 0.497 e. The normalized spacial score (nSPS) is 10.8. The van der Waals surface area contributed by atoms with Crippen LogP contribution < -0.4 is 14.8 Å². The third kappa shape index (κ3) is 4.42. The Kier molecular flexibility index (Phi) is 6.42. The number of hydrogen-bond donors (Lipinski definition) is 1. The van der Waals surface area contributed by atoms with Crippen molar-refractivity contribution >= 4 is 28.5 Å². The predicted octanol–water partition coefficient (Wildman–Crippen LogP) is 5.34. The Labute approximate surface area is 213 Å². The molecule has 0 bridgehead atoms. The topological polar surface area (TPSA) is 100 Å². The molecule has 1 N–H and O–H groups in total. The van der Waals surface area contributed by atoms with Gasteiger partial charge in [0.15, 0.2) is 0 Å². The lowest BCUT2D eigenvalue weighted by Gasteiger charge is -2.17. The SMILES string of the molecule is COC(=O)c1cc(OC)ccc1Nc1c(-c2ccc3nccnc3c2)c(C)nn1-c1ccccc1OC. The molecule has 0 amide bonds. The summed E-state index contributed by atoms with van der Waals surface area (Å²) in [7, 11) is 4.50. The van der Waals surface area contributed by atoms with Crippen molar-refractivity contribution in [3.05, 3.63) is 84.3 Å². The summed E-state index contributed by atoms with van der Waals surface area (Å²) in [4.78, 5) is 21.5. The third-order valence-electron chi connectivity index (χ3n) is 6.02. The van der Waals surface area contributed by atoms with E-state index in [0.717, 1.165) is 33.5 Å². The summed E-state index contributed by atoms with van der Waals surface area (Å²) >= 11 is 0. The molecule has 5 rings (SSSR count). The van der Waals surface area contributed by atoms with Gasteiger partial charge in [0.25, 0.3) is 0 Å². The van der Waals surface area contributed by atoms with E-state index in [1.165, 1.54) is 7.11 Å². The van der Waals surface area contributed by atoms with Crippen LogP contribution in [0.3, 0.4) is 0 Å². The van der Waals surface area contributed by atoms with Crippen LogP contribution in [0.2, 0.25) is 0 Å². The summed E-state index contributed by atoms with van der Waals surface area (Å²) in [6.45, 7) is 1.93. The number of para-hydroxylation sites is 2. The average molecular weight is 496 g/mol. The Balaban J connectivity index is 1.75. The van der Waals surface area contributed by atoms with Crippen LogP contribution in [-0.4, -0.2) is 47.0 Å². The van der Waals surface area contributed by atoms with Crippen molar-refractivity contribution in [2.45, 2.75) is 6.92 Å². The lowest BCUT2D eigenvalue weighted by atomic mass is 10.0.